The van der Waals surface area contributed by atoms with Gasteiger partial charge in [-0.05, 0) is 44.0 Å². The van der Waals surface area contributed by atoms with E-state index in [1.165, 1.54) is 4.31 Å². The molecule has 1 fully saturated rings. The average molecular weight is 358 g/mol. The van der Waals surface area contributed by atoms with Gasteiger partial charge in [-0.15, -0.1) is 0 Å². The van der Waals surface area contributed by atoms with E-state index in [9.17, 15) is 13.2 Å². The number of carbonyl (C=O) groups is 1. The van der Waals surface area contributed by atoms with Crippen molar-refractivity contribution >= 4 is 21.6 Å². The molecule has 0 aromatic heterocycles. The molecule has 0 unspecified atom stereocenters. The number of nitrogens with zero attached hydrogens (tertiary/aromatic N) is 2. The van der Waals surface area contributed by atoms with Crippen LogP contribution in [0.3, 0.4) is 0 Å². The van der Waals surface area contributed by atoms with Crippen LogP contribution in [0.2, 0.25) is 0 Å². The minimum Gasteiger partial charge on any atom is -0.341 e. The third kappa shape index (κ3) is 3.85. The van der Waals surface area contributed by atoms with Crippen molar-refractivity contribution in [1.82, 2.24) is 4.90 Å². The first-order valence-corrected chi connectivity index (χ1v) is 9.85. The summed E-state index contributed by atoms with van der Waals surface area (Å²) in [6.45, 7) is 3.13. The van der Waals surface area contributed by atoms with Crippen LogP contribution in [0.25, 0.3) is 0 Å². The topological polar surface area (TPSA) is 57.7 Å². The summed E-state index contributed by atoms with van der Waals surface area (Å²) in [5.74, 6) is -0.156. The van der Waals surface area contributed by atoms with E-state index < -0.39 is 10.0 Å². The Morgan fingerprint density at radius 3 is 2.20 bits per heavy atom. The van der Waals surface area contributed by atoms with Crippen LogP contribution in [-0.2, 0) is 14.8 Å². The minimum absolute atomic E-state index is 0.156. The number of aryl methyl sites for hydroxylation is 1. The van der Waals surface area contributed by atoms with E-state index in [4.69, 9.17) is 0 Å². The number of likely N-dealkylation sites (tertiary alicyclic amines) is 1. The summed E-state index contributed by atoms with van der Waals surface area (Å²) in [4.78, 5) is 14.5. The lowest BCUT2D eigenvalue weighted by molar-refractivity contribution is -0.128. The summed E-state index contributed by atoms with van der Waals surface area (Å²) in [5.41, 5.74) is 1.48. The van der Waals surface area contributed by atoms with Gasteiger partial charge in [0.15, 0.2) is 0 Å². The highest BCUT2D eigenvalue weighted by Gasteiger charge is 2.29. The molecule has 0 N–H and O–H groups in total. The van der Waals surface area contributed by atoms with Gasteiger partial charge in [0.2, 0.25) is 5.91 Å². The third-order valence-electron chi connectivity index (χ3n) is 4.39. The molecule has 0 saturated carbocycles. The number of rotatable bonds is 5. The highest BCUT2D eigenvalue weighted by Crippen LogP contribution is 2.24. The van der Waals surface area contributed by atoms with Gasteiger partial charge >= 0.3 is 0 Å². The summed E-state index contributed by atoms with van der Waals surface area (Å²) < 4.78 is 27.5. The molecule has 0 spiro atoms. The van der Waals surface area contributed by atoms with Crippen LogP contribution in [0.4, 0.5) is 5.69 Å². The molecule has 0 radical (unpaired) electrons. The molecule has 0 aliphatic carbocycles. The molecule has 3 rings (SSSR count). The lowest BCUT2D eigenvalue weighted by atomic mass is 10.2. The van der Waals surface area contributed by atoms with Gasteiger partial charge in [-0.1, -0.05) is 35.9 Å². The quantitative estimate of drug-likeness (QED) is 0.826. The van der Waals surface area contributed by atoms with Crippen molar-refractivity contribution in [3.63, 3.8) is 0 Å². The Balaban J connectivity index is 1.95. The first kappa shape index (κ1) is 17.5. The Morgan fingerprint density at radius 2 is 1.60 bits per heavy atom. The summed E-state index contributed by atoms with van der Waals surface area (Å²) in [7, 11) is -3.81. The fourth-order valence-electron chi connectivity index (χ4n) is 2.94. The van der Waals surface area contributed by atoms with Crippen molar-refractivity contribution in [1.29, 1.82) is 0 Å². The molecule has 2 aromatic carbocycles. The Morgan fingerprint density at radius 1 is 1.00 bits per heavy atom. The molecular formula is C19H22N2O3S. The molecule has 25 heavy (non-hydrogen) atoms. The Kier molecular flexibility index (Phi) is 5.08. The van der Waals surface area contributed by atoms with Gasteiger partial charge < -0.3 is 4.90 Å². The van der Waals surface area contributed by atoms with E-state index in [-0.39, 0.29) is 17.3 Å². The molecule has 6 heteroatoms. The van der Waals surface area contributed by atoms with Crippen molar-refractivity contribution in [2.75, 3.05) is 23.9 Å². The summed E-state index contributed by atoms with van der Waals surface area (Å²) in [6, 6.07) is 15.5. The van der Waals surface area contributed by atoms with Crippen LogP contribution in [0.1, 0.15) is 18.4 Å². The minimum atomic E-state index is -3.81. The fourth-order valence-corrected chi connectivity index (χ4v) is 4.35. The zero-order chi connectivity index (χ0) is 17.9. The molecule has 2 aromatic rings. The van der Waals surface area contributed by atoms with Crippen molar-refractivity contribution in [3.8, 4) is 0 Å². The number of carbonyl (C=O) groups excluding carboxylic acids is 1. The SMILES string of the molecule is Cc1ccc(S(=O)(=O)N(CC(=O)N2CCCC2)c2ccccc2)cc1. The van der Waals surface area contributed by atoms with Gasteiger partial charge in [-0.25, -0.2) is 8.42 Å². The normalized spacial score (nSPS) is 14.5. The Bertz CT molecular complexity index is 827. The molecule has 5 nitrogen and oxygen atoms in total. The zero-order valence-corrected chi connectivity index (χ0v) is 15.1. The zero-order valence-electron chi connectivity index (χ0n) is 14.3. The number of anilines is 1. The molecule has 132 valence electrons. The maximum Gasteiger partial charge on any atom is 0.264 e. The van der Waals surface area contributed by atoms with Crippen LogP contribution in [-0.4, -0.2) is 38.9 Å². The largest absolute Gasteiger partial charge is 0.341 e. The molecular weight excluding hydrogens is 336 g/mol. The molecule has 1 saturated heterocycles. The van der Waals surface area contributed by atoms with E-state index in [1.54, 1.807) is 53.4 Å². The molecule has 1 aliphatic rings. The standard InChI is InChI=1S/C19H22N2O3S/c1-16-9-11-18(12-10-16)25(23,24)21(17-7-3-2-4-8-17)15-19(22)20-13-5-6-14-20/h2-4,7-12H,5-6,13-15H2,1H3. The Hall–Kier alpha value is -2.34. The molecule has 0 atom stereocenters. The van der Waals surface area contributed by atoms with E-state index in [0.717, 1.165) is 18.4 Å². The summed E-state index contributed by atoms with van der Waals surface area (Å²) in [6.07, 6.45) is 1.95. The summed E-state index contributed by atoms with van der Waals surface area (Å²) in [5, 5.41) is 0. The average Bonchev–Trinajstić information content (AvgIpc) is 3.15. The molecule has 1 heterocycles. The number of para-hydroxylation sites is 1. The first-order chi connectivity index (χ1) is 12.0. The van der Waals surface area contributed by atoms with E-state index in [1.807, 2.05) is 13.0 Å². The van der Waals surface area contributed by atoms with Gasteiger partial charge in [0.05, 0.1) is 10.6 Å². The monoisotopic (exact) mass is 358 g/mol. The number of sulfonamides is 1. The second-order valence-corrected chi connectivity index (χ2v) is 8.11. The van der Waals surface area contributed by atoms with Crippen molar-refractivity contribution < 1.29 is 13.2 Å². The van der Waals surface area contributed by atoms with Crippen molar-refractivity contribution in [2.45, 2.75) is 24.7 Å². The highest BCUT2D eigenvalue weighted by molar-refractivity contribution is 7.92. The van der Waals surface area contributed by atoms with Gasteiger partial charge in [0, 0.05) is 13.1 Å². The van der Waals surface area contributed by atoms with Crippen LogP contribution in [0.5, 0.6) is 0 Å². The number of amides is 1. The highest BCUT2D eigenvalue weighted by atomic mass is 32.2. The van der Waals surface area contributed by atoms with Crippen LogP contribution >= 0.6 is 0 Å². The fraction of sp³-hybridized carbons (Fsp3) is 0.316. The smallest absolute Gasteiger partial charge is 0.264 e. The van der Waals surface area contributed by atoms with Crippen LogP contribution in [0.15, 0.2) is 59.5 Å². The number of hydrogen-bond acceptors (Lipinski definition) is 3. The third-order valence-corrected chi connectivity index (χ3v) is 6.18. The van der Waals surface area contributed by atoms with Crippen LogP contribution < -0.4 is 4.31 Å². The van der Waals surface area contributed by atoms with Crippen molar-refractivity contribution in [3.05, 3.63) is 60.2 Å². The predicted octanol–water partition coefficient (Wildman–Crippen LogP) is 2.81. The van der Waals surface area contributed by atoms with E-state index in [0.29, 0.717) is 18.8 Å². The summed E-state index contributed by atoms with van der Waals surface area (Å²) >= 11 is 0. The molecule has 1 aliphatic heterocycles. The van der Waals surface area contributed by atoms with E-state index >= 15 is 0 Å². The lowest BCUT2D eigenvalue weighted by Crippen LogP contribution is -2.42. The number of benzene rings is 2. The Labute approximate surface area is 148 Å². The van der Waals surface area contributed by atoms with Gasteiger partial charge in [0.25, 0.3) is 10.0 Å². The second-order valence-electron chi connectivity index (χ2n) is 6.25. The lowest BCUT2D eigenvalue weighted by Gasteiger charge is -2.26. The number of hydrogen-bond donors (Lipinski definition) is 0. The van der Waals surface area contributed by atoms with Gasteiger partial charge in [-0.3, -0.25) is 9.10 Å². The van der Waals surface area contributed by atoms with Crippen molar-refractivity contribution in [2.24, 2.45) is 0 Å². The predicted molar refractivity (Wildman–Crippen MR) is 98.0 cm³/mol. The maximum atomic E-state index is 13.1. The van der Waals surface area contributed by atoms with E-state index in [2.05, 4.69) is 0 Å². The molecule has 0 bridgehead atoms. The maximum absolute atomic E-state index is 13.1. The van der Waals surface area contributed by atoms with Gasteiger partial charge in [-0.2, -0.15) is 0 Å². The molecule has 1 amide bonds. The first-order valence-electron chi connectivity index (χ1n) is 8.41. The second kappa shape index (κ2) is 7.27. The van der Waals surface area contributed by atoms with Crippen LogP contribution in [0, 0.1) is 6.92 Å². The van der Waals surface area contributed by atoms with Gasteiger partial charge in [0.1, 0.15) is 6.54 Å².